The van der Waals surface area contributed by atoms with Crippen LogP contribution in [0, 0.1) is 17.7 Å². The largest absolute Gasteiger partial charge is 0.465 e. The summed E-state index contributed by atoms with van der Waals surface area (Å²) in [5.41, 5.74) is 5.88. The predicted octanol–water partition coefficient (Wildman–Crippen LogP) is 1.11. The van der Waals surface area contributed by atoms with Crippen molar-refractivity contribution in [2.45, 2.75) is 13.3 Å². The molecule has 0 spiro atoms. The Morgan fingerprint density at radius 3 is 3.06 bits per heavy atom. The molecule has 16 heavy (non-hydrogen) atoms. The van der Waals surface area contributed by atoms with E-state index in [0.29, 0.717) is 6.61 Å². The van der Waals surface area contributed by atoms with Crippen LogP contribution >= 0.6 is 0 Å². The highest BCUT2D eigenvalue weighted by atomic mass is 19.1. The van der Waals surface area contributed by atoms with Crippen molar-refractivity contribution in [2.75, 3.05) is 12.3 Å². The van der Waals surface area contributed by atoms with Crippen LogP contribution in [0.15, 0.2) is 12.3 Å². The van der Waals surface area contributed by atoms with E-state index < -0.39 is 11.8 Å². The van der Waals surface area contributed by atoms with Gasteiger partial charge in [0.2, 0.25) is 0 Å². The number of anilines is 1. The van der Waals surface area contributed by atoms with E-state index in [1.54, 1.807) is 6.92 Å². The van der Waals surface area contributed by atoms with Gasteiger partial charge in [-0.1, -0.05) is 5.92 Å². The van der Waals surface area contributed by atoms with Gasteiger partial charge in [-0.2, -0.15) is 0 Å². The molecule has 0 saturated heterocycles. The maximum atomic E-state index is 12.6. The number of hydrogen-bond acceptors (Lipinski definition) is 4. The number of ether oxygens (including phenoxy) is 1. The lowest BCUT2D eigenvalue weighted by Crippen LogP contribution is -2.02. The fourth-order valence-electron chi connectivity index (χ4n) is 0.971. The summed E-state index contributed by atoms with van der Waals surface area (Å²) in [6.45, 7) is 2.03. The van der Waals surface area contributed by atoms with Gasteiger partial charge in [-0.25, -0.2) is 9.37 Å². The summed E-state index contributed by atoms with van der Waals surface area (Å²) in [4.78, 5) is 14.6. The van der Waals surface area contributed by atoms with Crippen molar-refractivity contribution >= 4 is 11.7 Å². The Hall–Kier alpha value is -2.09. The van der Waals surface area contributed by atoms with Crippen LogP contribution in [0.25, 0.3) is 0 Å². The van der Waals surface area contributed by atoms with E-state index in [4.69, 9.17) is 5.73 Å². The third kappa shape index (κ3) is 3.58. The molecule has 0 aliphatic heterocycles. The number of carbonyl (C=O) groups excluding carboxylic acids is 1. The second-order valence-electron chi connectivity index (χ2n) is 2.87. The Bertz CT molecular complexity index is 449. The highest BCUT2D eigenvalue weighted by Gasteiger charge is 2.00. The van der Waals surface area contributed by atoms with E-state index in [0.717, 1.165) is 12.3 Å². The van der Waals surface area contributed by atoms with E-state index in [1.165, 1.54) is 0 Å². The van der Waals surface area contributed by atoms with Crippen LogP contribution in [0.1, 0.15) is 19.0 Å². The molecule has 0 aliphatic carbocycles. The first kappa shape index (κ1) is 12.0. The van der Waals surface area contributed by atoms with E-state index in [9.17, 15) is 9.18 Å². The lowest BCUT2D eigenvalue weighted by molar-refractivity contribution is -0.141. The van der Waals surface area contributed by atoms with Gasteiger partial charge in [-0.05, 0) is 12.8 Å². The molecule has 0 aliphatic rings. The first-order valence-corrected chi connectivity index (χ1v) is 4.69. The molecule has 0 bridgehead atoms. The number of esters is 1. The summed E-state index contributed by atoms with van der Waals surface area (Å²) in [6, 6.07) is 1.13. The molecule has 0 aromatic carbocycles. The summed E-state index contributed by atoms with van der Waals surface area (Å²) in [5.74, 6) is 4.21. The maximum absolute atomic E-state index is 12.6. The molecule has 0 saturated carbocycles. The van der Waals surface area contributed by atoms with Crippen molar-refractivity contribution in [3.05, 3.63) is 23.8 Å². The lowest BCUT2D eigenvalue weighted by Gasteiger charge is -1.96. The van der Waals surface area contributed by atoms with Gasteiger partial charge in [-0.15, -0.1) is 0 Å². The van der Waals surface area contributed by atoms with Gasteiger partial charge in [0.05, 0.1) is 18.5 Å². The third-order valence-electron chi connectivity index (χ3n) is 1.63. The van der Waals surface area contributed by atoms with Gasteiger partial charge in [0.1, 0.15) is 17.9 Å². The Balaban J connectivity index is 2.66. The Labute approximate surface area is 92.6 Å². The monoisotopic (exact) mass is 222 g/mol. The number of nitrogens with two attached hydrogens (primary N) is 1. The number of halogens is 1. The summed E-state index contributed by atoms with van der Waals surface area (Å²) in [5, 5.41) is 0. The van der Waals surface area contributed by atoms with Gasteiger partial charge in [0, 0.05) is 6.07 Å². The topological polar surface area (TPSA) is 65.2 Å². The van der Waals surface area contributed by atoms with Crippen LogP contribution < -0.4 is 5.73 Å². The second kappa shape index (κ2) is 5.71. The van der Waals surface area contributed by atoms with Crippen molar-refractivity contribution in [2.24, 2.45) is 0 Å². The molecule has 84 valence electrons. The smallest absolute Gasteiger partial charge is 0.317 e. The summed E-state index contributed by atoms with van der Waals surface area (Å²) < 4.78 is 17.3. The van der Waals surface area contributed by atoms with Crippen LogP contribution in [0.3, 0.4) is 0 Å². The Morgan fingerprint density at radius 2 is 2.44 bits per heavy atom. The minimum absolute atomic E-state index is 0.0354. The normalized spacial score (nSPS) is 9.12. The predicted molar refractivity (Wildman–Crippen MR) is 56.7 cm³/mol. The third-order valence-corrected chi connectivity index (χ3v) is 1.63. The second-order valence-corrected chi connectivity index (χ2v) is 2.87. The standard InChI is InChI=1S/C11H11FN2O2/c1-2-16-11(15)5-3-4-10-9(13)6-8(12)7-14-10/h6-7H,2,5,13H2,1H3. The number of rotatable bonds is 2. The average molecular weight is 222 g/mol. The Morgan fingerprint density at radius 1 is 1.69 bits per heavy atom. The molecule has 0 amide bonds. The number of carbonyl (C=O) groups is 1. The molecular formula is C11H11FN2O2. The number of pyridine rings is 1. The molecule has 1 rings (SSSR count). The SMILES string of the molecule is CCOC(=O)CC#Cc1ncc(F)cc1N. The van der Waals surface area contributed by atoms with Crippen LogP contribution in [0.4, 0.5) is 10.1 Å². The summed E-state index contributed by atoms with van der Waals surface area (Å²) in [6.07, 6.45) is 0.983. The quantitative estimate of drug-likeness (QED) is 0.601. The van der Waals surface area contributed by atoms with E-state index in [1.807, 2.05) is 0 Å². The molecule has 0 radical (unpaired) electrons. The first-order valence-electron chi connectivity index (χ1n) is 4.69. The van der Waals surface area contributed by atoms with Crippen molar-refractivity contribution < 1.29 is 13.9 Å². The molecule has 0 fully saturated rings. The van der Waals surface area contributed by atoms with E-state index in [-0.39, 0.29) is 17.8 Å². The summed E-state index contributed by atoms with van der Waals surface area (Å²) in [7, 11) is 0. The molecule has 4 nitrogen and oxygen atoms in total. The van der Waals surface area contributed by atoms with Crippen molar-refractivity contribution in [1.82, 2.24) is 4.98 Å². The van der Waals surface area contributed by atoms with Gasteiger partial charge < -0.3 is 10.5 Å². The molecule has 1 heterocycles. The molecule has 1 aromatic heterocycles. The molecule has 0 unspecified atom stereocenters. The van der Waals surface area contributed by atoms with E-state index >= 15 is 0 Å². The maximum Gasteiger partial charge on any atom is 0.317 e. The minimum atomic E-state index is -0.520. The molecule has 0 atom stereocenters. The minimum Gasteiger partial charge on any atom is -0.465 e. The van der Waals surface area contributed by atoms with Crippen LogP contribution in [-0.4, -0.2) is 17.6 Å². The lowest BCUT2D eigenvalue weighted by atomic mass is 10.3. The van der Waals surface area contributed by atoms with Crippen molar-refractivity contribution in [3.63, 3.8) is 0 Å². The zero-order valence-corrected chi connectivity index (χ0v) is 8.79. The van der Waals surface area contributed by atoms with Crippen molar-refractivity contribution in [1.29, 1.82) is 0 Å². The van der Waals surface area contributed by atoms with Gasteiger partial charge >= 0.3 is 5.97 Å². The molecular weight excluding hydrogens is 211 g/mol. The number of aromatic nitrogens is 1. The fraction of sp³-hybridized carbons (Fsp3) is 0.273. The zero-order chi connectivity index (χ0) is 12.0. The molecule has 5 heteroatoms. The average Bonchev–Trinajstić information content (AvgIpc) is 2.22. The van der Waals surface area contributed by atoms with Gasteiger partial charge in [-0.3, -0.25) is 4.79 Å². The van der Waals surface area contributed by atoms with Gasteiger partial charge in [0.25, 0.3) is 0 Å². The van der Waals surface area contributed by atoms with Gasteiger partial charge in [0.15, 0.2) is 0 Å². The first-order chi connectivity index (χ1) is 7.63. The fourth-order valence-corrected chi connectivity index (χ4v) is 0.971. The van der Waals surface area contributed by atoms with Crippen LogP contribution in [0.2, 0.25) is 0 Å². The summed E-state index contributed by atoms with van der Waals surface area (Å²) >= 11 is 0. The van der Waals surface area contributed by atoms with Crippen LogP contribution in [-0.2, 0) is 9.53 Å². The van der Waals surface area contributed by atoms with Crippen LogP contribution in [0.5, 0.6) is 0 Å². The number of nitrogens with zero attached hydrogens (tertiary/aromatic N) is 1. The molecule has 1 aromatic rings. The number of nitrogen functional groups attached to an aromatic ring is 1. The highest BCUT2D eigenvalue weighted by molar-refractivity contribution is 5.72. The zero-order valence-electron chi connectivity index (χ0n) is 8.79. The van der Waals surface area contributed by atoms with Crippen molar-refractivity contribution in [3.8, 4) is 11.8 Å². The Kier molecular flexibility index (Phi) is 4.28. The highest BCUT2D eigenvalue weighted by Crippen LogP contribution is 2.08. The van der Waals surface area contributed by atoms with E-state index in [2.05, 4.69) is 21.6 Å². The number of hydrogen-bond donors (Lipinski definition) is 1. The molecule has 2 N–H and O–H groups in total.